The third kappa shape index (κ3) is 1.68. The summed E-state index contributed by atoms with van der Waals surface area (Å²) in [7, 11) is 0. The molecule has 0 radical (unpaired) electrons. The number of hydrogen-bond donors (Lipinski definition) is 0. The first-order chi connectivity index (χ1) is 7.83. The summed E-state index contributed by atoms with van der Waals surface area (Å²) in [6, 6.07) is 15.1. The van der Waals surface area contributed by atoms with Gasteiger partial charge in [0.15, 0.2) is 0 Å². The summed E-state index contributed by atoms with van der Waals surface area (Å²) in [5.41, 5.74) is 3.94. The Kier molecular flexibility index (Phi) is 2.33. The highest BCUT2D eigenvalue weighted by Crippen LogP contribution is 2.37. The van der Waals surface area contributed by atoms with Gasteiger partial charge in [0.05, 0.1) is 0 Å². The summed E-state index contributed by atoms with van der Waals surface area (Å²) in [5.74, 6) is 0. The highest BCUT2D eigenvalue weighted by Gasteiger charge is 2.08. The van der Waals surface area contributed by atoms with E-state index < -0.39 is 0 Å². The SMILES string of the molecule is Cc1ccc2c(c1)Sc1ccccc1C=C2. The molecule has 1 heterocycles. The van der Waals surface area contributed by atoms with Gasteiger partial charge in [-0.15, -0.1) is 0 Å². The van der Waals surface area contributed by atoms with Crippen LogP contribution in [-0.4, -0.2) is 0 Å². The van der Waals surface area contributed by atoms with Gasteiger partial charge in [-0.1, -0.05) is 54.2 Å². The lowest BCUT2D eigenvalue weighted by molar-refractivity contribution is 1.33. The average Bonchev–Trinajstić information content (AvgIpc) is 2.47. The van der Waals surface area contributed by atoms with E-state index in [0.29, 0.717) is 0 Å². The van der Waals surface area contributed by atoms with E-state index in [-0.39, 0.29) is 0 Å². The van der Waals surface area contributed by atoms with Crippen molar-refractivity contribution in [2.45, 2.75) is 16.7 Å². The van der Waals surface area contributed by atoms with Gasteiger partial charge in [0.2, 0.25) is 0 Å². The molecular weight excluding hydrogens is 212 g/mol. The van der Waals surface area contributed by atoms with Crippen LogP contribution < -0.4 is 0 Å². The molecule has 16 heavy (non-hydrogen) atoms. The lowest BCUT2D eigenvalue weighted by Gasteiger charge is -2.06. The number of fused-ring (bicyclic) bond motifs is 2. The molecule has 2 aromatic rings. The second kappa shape index (κ2) is 3.84. The van der Waals surface area contributed by atoms with Crippen LogP contribution in [-0.2, 0) is 0 Å². The van der Waals surface area contributed by atoms with Crippen molar-refractivity contribution < 1.29 is 0 Å². The smallest absolute Gasteiger partial charge is 0.0197 e. The first kappa shape index (κ1) is 9.73. The zero-order valence-electron chi connectivity index (χ0n) is 9.10. The molecule has 0 spiro atoms. The molecule has 3 rings (SSSR count). The molecule has 0 unspecified atom stereocenters. The van der Waals surface area contributed by atoms with Crippen LogP contribution in [0, 0.1) is 6.92 Å². The van der Waals surface area contributed by atoms with Gasteiger partial charge in [-0.2, -0.15) is 0 Å². The molecule has 0 atom stereocenters. The van der Waals surface area contributed by atoms with Crippen molar-refractivity contribution in [3.8, 4) is 0 Å². The van der Waals surface area contributed by atoms with Gasteiger partial charge in [0.25, 0.3) is 0 Å². The molecule has 0 aromatic heterocycles. The van der Waals surface area contributed by atoms with Gasteiger partial charge >= 0.3 is 0 Å². The first-order valence-electron chi connectivity index (χ1n) is 5.38. The molecule has 0 amide bonds. The van der Waals surface area contributed by atoms with Crippen LogP contribution in [0.15, 0.2) is 52.3 Å². The van der Waals surface area contributed by atoms with Crippen molar-refractivity contribution in [1.82, 2.24) is 0 Å². The summed E-state index contributed by atoms with van der Waals surface area (Å²) in [6.45, 7) is 2.14. The average molecular weight is 224 g/mol. The molecule has 0 saturated carbocycles. The van der Waals surface area contributed by atoms with Crippen molar-refractivity contribution in [1.29, 1.82) is 0 Å². The number of benzene rings is 2. The third-order valence-electron chi connectivity index (χ3n) is 2.75. The molecule has 1 aliphatic rings. The van der Waals surface area contributed by atoms with Crippen molar-refractivity contribution in [3.63, 3.8) is 0 Å². The maximum Gasteiger partial charge on any atom is 0.0197 e. The second-order valence-electron chi connectivity index (χ2n) is 4.01. The molecule has 0 saturated heterocycles. The lowest BCUT2D eigenvalue weighted by Crippen LogP contribution is -1.80. The largest absolute Gasteiger partial charge is 0.0888 e. The van der Waals surface area contributed by atoms with Crippen molar-refractivity contribution in [3.05, 3.63) is 59.2 Å². The van der Waals surface area contributed by atoms with Crippen LogP contribution in [0.2, 0.25) is 0 Å². The zero-order valence-corrected chi connectivity index (χ0v) is 9.92. The molecule has 1 heteroatoms. The van der Waals surface area contributed by atoms with Gasteiger partial charge in [-0.25, -0.2) is 0 Å². The Morgan fingerprint density at radius 2 is 1.56 bits per heavy atom. The maximum atomic E-state index is 2.26. The van der Waals surface area contributed by atoms with E-state index in [1.807, 2.05) is 11.8 Å². The summed E-state index contributed by atoms with van der Waals surface area (Å²) in [4.78, 5) is 2.68. The molecule has 0 bridgehead atoms. The van der Waals surface area contributed by atoms with Crippen LogP contribution in [0.1, 0.15) is 16.7 Å². The molecular formula is C15H12S. The summed E-state index contributed by atoms with van der Waals surface area (Å²) in [5, 5.41) is 0. The van der Waals surface area contributed by atoms with Crippen molar-refractivity contribution in [2.24, 2.45) is 0 Å². The van der Waals surface area contributed by atoms with Gasteiger partial charge in [0.1, 0.15) is 0 Å². The van der Waals surface area contributed by atoms with Gasteiger partial charge in [-0.05, 0) is 35.7 Å². The highest BCUT2D eigenvalue weighted by molar-refractivity contribution is 7.99. The molecule has 78 valence electrons. The standard InChI is InChI=1S/C15H12S/c1-11-6-7-13-9-8-12-4-2-3-5-14(12)16-15(13)10-11/h2-10H,1H3. The minimum Gasteiger partial charge on any atom is -0.0888 e. The number of hydrogen-bond acceptors (Lipinski definition) is 1. The Hall–Kier alpha value is -1.47. The molecule has 0 aliphatic carbocycles. The van der Waals surface area contributed by atoms with E-state index >= 15 is 0 Å². The number of aryl methyl sites for hydroxylation is 1. The van der Waals surface area contributed by atoms with Gasteiger partial charge in [-0.3, -0.25) is 0 Å². The summed E-state index contributed by atoms with van der Waals surface area (Å²) >= 11 is 1.85. The maximum absolute atomic E-state index is 2.26. The molecule has 0 nitrogen and oxygen atoms in total. The first-order valence-corrected chi connectivity index (χ1v) is 6.20. The topological polar surface area (TPSA) is 0 Å². The summed E-state index contributed by atoms with van der Waals surface area (Å²) < 4.78 is 0. The zero-order chi connectivity index (χ0) is 11.0. The third-order valence-corrected chi connectivity index (χ3v) is 3.92. The molecule has 0 N–H and O–H groups in total. The fourth-order valence-electron chi connectivity index (χ4n) is 1.88. The van der Waals surface area contributed by atoms with E-state index in [0.717, 1.165) is 0 Å². The Balaban J connectivity index is 2.18. The minimum atomic E-state index is 1.31. The second-order valence-corrected chi connectivity index (χ2v) is 5.10. The van der Waals surface area contributed by atoms with E-state index in [1.54, 1.807) is 0 Å². The van der Waals surface area contributed by atoms with Crippen LogP contribution >= 0.6 is 11.8 Å². The van der Waals surface area contributed by atoms with E-state index in [1.165, 1.54) is 26.5 Å². The Labute approximate surface area is 100 Å². The fourth-order valence-corrected chi connectivity index (χ4v) is 3.01. The molecule has 2 aromatic carbocycles. The molecule has 1 aliphatic heterocycles. The van der Waals surface area contributed by atoms with E-state index in [4.69, 9.17) is 0 Å². The number of rotatable bonds is 0. The van der Waals surface area contributed by atoms with Crippen LogP contribution in [0.3, 0.4) is 0 Å². The molecule has 0 fully saturated rings. The van der Waals surface area contributed by atoms with E-state index in [2.05, 4.69) is 61.5 Å². The monoisotopic (exact) mass is 224 g/mol. The Morgan fingerprint density at radius 3 is 2.44 bits per heavy atom. The predicted molar refractivity (Wildman–Crippen MR) is 70.7 cm³/mol. The van der Waals surface area contributed by atoms with Crippen LogP contribution in [0.5, 0.6) is 0 Å². The van der Waals surface area contributed by atoms with E-state index in [9.17, 15) is 0 Å². The van der Waals surface area contributed by atoms with Gasteiger partial charge < -0.3 is 0 Å². The highest BCUT2D eigenvalue weighted by atomic mass is 32.2. The Morgan fingerprint density at radius 1 is 0.812 bits per heavy atom. The van der Waals surface area contributed by atoms with Crippen molar-refractivity contribution in [2.75, 3.05) is 0 Å². The van der Waals surface area contributed by atoms with Crippen LogP contribution in [0.4, 0.5) is 0 Å². The van der Waals surface area contributed by atoms with Gasteiger partial charge in [0, 0.05) is 9.79 Å². The Bertz CT molecular complexity index is 567. The minimum absolute atomic E-state index is 1.31. The quantitative estimate of drug-likeness (QED) is 0.536. The predicted octanol–water partition coefficient (Wildman–Crippen LogP) is 4.63. The van der Waals surface area contributed by atoms with Crippen molar-refractivity contribution >= 4 is 23.9 Å². The fraction of sp³-hybridized carbons (Fsp3) is 0.0667. The van der Waals surface area contributed by atoms with Crippen LogP contribution in [0.25, 0.3) is 12.2 Å². The normalized spacial score (nSPS) is 12.8. The summed E-state index contributed by atoms with van der Waals surface area (Å²) in [6.07, 6.45) is 4.40. The lowest BCUT2D eigenvalue weighted by atomic mass is 10.1.